The lowest BCUT2D eigenvalue weighted by molar-refractivity contribution is -0.282. The number of anilines is 1. The summed E-state index contributed by atoms with van der Waals surface area (Å²) in [6, 6.07) is 4.09. The molecule has 0 saturated carbocycles. The number of carbonyl (C=O) groups excluding carboxylic acids is 6. The fourth-order valence-electron chi connectivity index (χ4n) is 5.12. The number of methoxy groups -OCH3 is 2. The Morgan fingerprint density at radius 1 is 0.896 bits per heavy atom. The predicted molar refractivity (Wildman–Crippen MR) is 159 cm³/mol. The maximum Gasteiger partial charge on any atom is 0.412 e. The molecule has 1 heterocycles. The first-order valence-corrected chi connectivity index (χ1v) is 14.8. The molecular formula is C31H39NO16. The molecule has 1 aliphatic heterocycles. The van der Waals surface area contributed by atoms with Crippen molar-refractivity contribution in [1.82, 2.24) is 0 Å². The summed E-state index contributed by atoms with van der Waals surface area (Å²) in [5.41, 5.74) is -1.47. The van der Waals surface area contributed by atoms with Crippen LogP contribution in [0.25, 0.3) is 0 Å². The number of ether oxygens (including phenoxy) is 8. The van der Waals surface area contributed by atoms with E-state index in [4.69, 9.17) is 37.9 Å². The molecule has 0 spiro atoms. The molecule has 17 heteroatoms. The summed E-state index contributed by atoms with van der Waals surface area (Å²) in [5.74, 6) is -4.58. The van der Waals surface area contributed by atoms with Gasteiger partial charge in [-0.25, -0.2) is 14.4 Å². The molecule has 1 aliphatic carbocycles. The number of nitrogens with one attached hydrogen (secondary N) is 1. The Labute approximate surface area is 275 Å². The first-order chi connectivity index (χ1) is 22.7. The molecule has 7 atom stereocenters. The van der Waals surface area contributed by atoms with E-state index in [1.54, 1.807) is 12.2 Å². The first kappa shape index (κ1) is 37.7. The van der Waals surface area contributed by atoms with Gasteiger partial charge in [-0.1, -0.05) is 12.1 Å². The first-order valence-electron chi connectivity index (χ1n) is 14.8. The van der Waals surface area contributed by atoms with Gasteiger partial charge in [-0.05, 0) is 37.8 Å². The van der Waals surface area contributed by atoms with Crippen molar-refractivity contribution in [2.75, 3.05) is 19.5 Å². The molecule has 0 radical (unpaired) electrons. The standard InChI is InChI=1S/C31H39NO16/c1-16(34)43-23-24(44-17(2)35)26(45-18(3)36)28(48-25(23)27(37)41-4)47-22-14-20(10-9-19(22)15-33)32-30(39)46-21-8-6-7-12-31(40,13-11-21)29(38)42-5/h6,8-10,14,21,23-26,28,33,40H,7,11-13,15H2,1-5H3,(H,32,39)/b8-6+/t21-,23-,24-,25-,26+,28+,31-/m0/s1. The van der Waals surface area contributed by atoms with Crippen LogP contribution < -0.4 is 10.1 Å². The number of hydrogen-bond acceptors (Lipinski definition) is 16. The summed E-state index contributed by atoms with van der Waals surface area (Å²) in [4.78, 5) is 73.7. The smallest absolute Gasteiger partial charge is 0.412 e. The van der Waals surface area contributed by atoms with Crippen molar-refractivity contribution in [3.05, 3.63) is 35.9 Å². The van der Waals surface area contributed by atoms with E-state index >= 15 is 0 Å². The Morgan fingerprint density at radius 2 is 1.54 bits per heavy atom. The second kappa shape index (κ2) is 16.9. The molecule has 17 nitrogen and oxygen atoms in total. The van der Waals surface area contributed by atoms with Crippen LogP contribution in [0.2, 0.25) is 0 Å². The topological polar surface area (TPSA) is 229 Å². The van der Waals surface area contributed by atoms with E-state index in [0.717, 1.165) is 27.9 Å². The zero-order valence-corrected chi connectivity index (χ0v) is 27.0. The Bertz CT molecular complexity index is 1390. The van der Waals surface area contributed by atoms with Crippen LogP contribution in [0.5, 0.6) is 5.75 Å². The van der Waals surface area contributed by atoms with Gasteiger partial charge >= 0.3 is 35.9 Å². The number of aliphatic hydroxyl groups is 2. The lowest BCUT2D eigenvalue weighted by Crippen LogP contribution is -2.64. The largest absolute Gasteiger partial charge is 0.467 e. The molecule has 1 aromatic carbocycles. The van der Waals surface area contributed by atoms with Gasteiger partial charge in [0.2, 0.25) is 12.4 Å². The van der Waals surface area contributed by atoms with Crippen molar-refractivity contribution in [3.63, 3.8) is 0 Å². The van der Waals surface area contributed by atoms with Crippen LogP contribution in [-0.2, 0) is 63.7 Å². The highest BCUT2D eigenvalue weighted by Crippen LogP contribution is 2.34. The minimum absolute atomic E-state index is 0.0186. The molecular weight excluding hydrogens is 642 g/mol. The minimum atomic E-state index is -1.73. The molecule has 3 N–H and O–H groups in total. The Hall–Kier alpha value is -4.74. The van der Waals surface area contributed by atoms with Gasteiger partial charge in [-0.3, -0.25) is 19.7 Å². The van der Waals surface area contributed by atoms with E-state index in [9.17, 15) is 39.0 Å². The predicted octanol–water partition coefficient (Wildman–Crippen LogP) is 1.20. The summed E-state index contributed by atoms with van der Waals surface area (Å²) >= 11 is 0. The lowest BCUT2D eigenvalue weighted by atomic mass is 9.88. The molecule has 0 bridgehead atoms. The van der Waals surface area contributed by atoms with Gasteiger partial charge in [0.15, 0.2) is 23.9 Å². The van der Waals surface area contributed by atoms with Gasteiger partial charge in [-0.2, -0.15) is 0 Å². The van der Waals surface area contributed by atoms with Gasteiger partial charge < -0.3 is 48.1 Å². The molecule has 1 saturated heterocycles. The molecule has 1 amide bonds. The summed E-state index contributed by atoms with van der Waals surface area (Å²) in [6.45, 7) is 2.55. The summed E-state index contributed by atoms with van der Waals surface area (Å²) in [5, 5.41) is 23.2. The zero-order chi connectivity index (χ0) is 35.6. The fourth-order valence-corrected chi connectivity index (χ4v) is 5.12. The molecule has 3 rings (SSSR count). The Balaban J connectivity index is 1.88. The Morgan fingerprint density at radius 3 is 2.15 bits per heavy atom. The molecule has 48 heavy (non-hydrogen) atoms. The fraction of sp³-hybridized carbons (Fsp3) is 0.548. The zero-order valence-electron chi connectivity index (χ0n) is 27.0. The van der Waals surface area contributed by atoms with Gasteiger partial charge in [0.05, 0.1) is 20.8 Å². The average molecular weight is 682 g/mol. The third-order valence-electron chi connectivity index (χ3n) is 7.30. The van der Waals surface area contributed by atoms with Crippen molar-refractivity contribution < 1.29 is 76.9 Å². The SMILES string of the molecule is COC(=O)[C@H]1O[C@@H](Oc2cc(NC(=O)O[C@H]3/C=C/CC[C@@](O)(C(=O)OC)CC3)ccc2CO)[C@H](OC(C)=O)[C@@H](OC(C)=O)[C@@H]1OC(C)=O. The summed E-state index contributed by atoms with van der Waals surface area (Å²) in [6.07, 6.45) is -6.09. The molecule has 1 aromatic rings. The third-order valence-corrected chi connectivity index (χ3v) is 7.30. The van der Waals surface area contributed by atoms with E-state index < -0.39 is 85.0 Å². The van der Waals surface area contributed by atoms with Crippen LogP contribution in [0.4, 0.5) is 10.5 Å². The van der Waals surface area contributed by atoms with E-state index in [0.29, 0.717) is 6.42 Å². The number of esters is 5. The number of hydrogen-bond donors (Lipinski definition) is 3. The van der Waals surface area contributed by atoms with Gasteiger partial charge in [-0.15, -0.1) is 0 Å². The van der Waals surface area contributed by atoms with Crippen molar-refractivity contribution in [2.45, 2.75) is 95.5 Å². The number of allylic oxidation sites excluding steroid dienone is 1. The second-order valence-electron chi connectivity index (χ2n) is 10.9. The molecule has 0 aromatic heterocycles. The lowest BCUT2D eigenvalue weighted by Gasteiger charge is -2.43. The average Bonchev–Trinajstić information content (AvgIpc) is 3.02. The molecule has 264 valence electrons. The summed E-state index contributed by atoms with van der Waals surface area (Å²) < 4.78 is 42.6. The highest BCUT2D eigenvalue weighted by molar-refractivity contribution is 5.85. The van der Waals surface area contributed by atoms with Crippen LogP contribution in [0.1, 0.15) is 52.0 Å². The van der Waals surface area contributed by atoms with Gasteiger partial charge in [0.25, 0.3) is 0 Å². The number of benzene rings is 1. The van der Waals surface area contributed by atoms with Crippen LogP contribution in [-0.4, -0.2) is 103 Å². The highest BCUT2D eigenvalue weighted by atomic mass is 16.7. The van der Waals surface area contributed by atoms with Crippen LogP contribution in [0, 0.1) is 0 Å². The number of rotatable bonds is 10. The van der Waals surface area contributed by atoms with Crippen molar-refractivity contribution in [1.29, 1.82) is 0 Å². The van der Waals surface area contributed by atoms with Gasteiger partial charge in [0, 0.05) is 38.1 Å². The Kier molecular flexibility index (Phi) is 13.3. The van der Waals surface area contributed by atoms with Crippen LogP contribution in [0.15, 0.2) is 30.4 Å². The monoisotopic (exact) mass is 681 g/mol. The minimum Gasteiger partial charge on any atom is -0.467 e. The maximum absolute atomic E-state index is 12.8. The molecule has 0 unspecified atom stereocenters. The number of aliphatic hydroxyl groups excluding tert-OH is 1. The van der Waals surface area contributed by atoms with Crippen LogP contribution in [0.3, 0.4) is 0 Å². The van der Waals surface area contributed by atoms with E-state index in [2.05, 4.69) is 5.32 Å². The highest BCUT2D eigenvalue weighted by Gasteiger charge is 2.56. The molecule has 2 aliphatic rings. The van der Waals surface area contributed by atoms with Crippen molar-refractivity contribution >= 4 is 41.6 Å². The quantitative estimate of drug-likeness (QED) is 0.179. The molecule has 1 fully saturated rings. The number of carbonyl (C=O) groups is 6. The third kappa shape index (κ3) is 9.88. The normalized spacial score (nSPS) is 27.5. The number of amides is 1. The maximum atomic E-state index is 12.8. The van der Waals surface area contributed by atoms with Crippen molar-refractivity contribution in [3.8, 4) is 5.75 Å². The van der Waals surface area contributed by atoms with E-state index in [-0.39, 0.29) is 36.3 Å². The summed E-state index contributed by atoms with van der Waals surface area (Å²) in [7, 11) is 2.21. The van der Waals surface area contributed by atoms with E-state index in [1.807, 2.05) is 0 Å². The van der Waals surface area contributed by atoms with Gasteiger partial charge in [0.1, 0.15) is 11.9 Å². The second-order valence-corrected chi connectivity index (χ2v) is 10.9. The van der Waals surface area contributed by atoms with Crippen molar-refractivity contribution in [2.24, 2.45) is 0 Å². The van der Waals surface area contributed by atoms with Crippen LogP contribution >= 0.6 is 0 Å². The van der Waals surface area contributed by atoms with E-state index in [1.165, 1.54) is 25.3 Å².